The maximum Gasteiger partial charge on any atom is 0.231 e. The number of fused-ring (bicyclic) bond motifs is 1. The third-order valence-corrected chi connectivity index (χ3v) is 2.06. The molecule has 0 radical (unpaired) electrons. The molecule has 2 rings (SSSR count). The van der Waals surface area contributed by atoms with E-state index in [2.05, 4.69) is 0 Å². The van der Waals surface area contributed by atoms with Gasteiger partial charge in [-0.05, 0) is 18.2 Å². The molecule has 0 unspecified atom stereocenters. The van der Waals surface area contributed by atoms with Crippen LogP contribution in [0.25, 0.3) is 0 Å². The molecule has 0 saturated heterocycles. The Labute approximate surface area is 105 Å². The lowest BCUT2D eigenvalue weighted by Gasteiger charge is -2.05. The first-order chi connectivity index (χ1) is 7.79. The second-order valence-corrected chi connectivity index (χ2v) is 3.19. The first-order valence-corrected chi connectivity index (χ1v) is 4.86. The van der Waals surface area contributed by atoms with Gasteiger partial charge in [0.1, 0.15) is 18.2 Å². The maximum atomic E-state index is 13.0. The Kier molecular flexibility index (Phi) is 5.06. The van der Waals surface area contributed by atoms with Crippen LogP contribution in [0.2, 0.25) is 0 Å². The zero-order valence-corrected chi connectivity index (χ0v) is 9.84. The van der Waals surface area contributed by atoms with Gasteiger partial charge in [-0.1, -0.05) is 0 Å². The highest BCUT2D eigenvalue weighted by molar-refractivity contribution is 5.85. The molecule has 0 aromatic heterocycles. The van der Waals surface area contributed by atoms with E-state index < -0.39 is 0 Å². The molecule has 1 heterocycles. The number of hydrogen-bond donors (Lipinski definition) is 1. The average Bonchev–Trinajstić information content (AvgIpc) is 2.74. The summed E-state index contributed by atoms with van der Waals surface area (Å²) in [5.74, 6) is 1.43. The summed E-state index contributed by atoms with van der Waals surface area (Å²) in [5, 5.41) is 0. The van der Waals surface area contributed by atoms with Gasteiger partial charge >= 0.3 is 0 Å². The molecule has 94 valence electrons. The van der Waals surface area contributed by atoms with Gasteiger partial charge < -0.3 is 19.9 Å². The van der Waals surface area contributed by atoms with Crippen molar-refractivity contribution in [2.45, 2.75) is 0 Å². The summed E-state index contributed by atoms with van der Waals surface area (Å²) >= 11 is 0. The molecule has 0 fully saturated rings. The van der Waals surface area contributed by atoms with E-state index in [0.717, 1.165) is 0 Å². The fourth-order valence-corrected chi connectivity index (χ4v) is 1.31. The van der Waals surface area contributed by atoms with Gasteiger partial charge in [-0.15, -0.1) is 12.4 Å². The van der Waals surface area contributed by atoms with E-state index in [0.29, 0.717) is 17.2 Å². The molecule has 0 aliphatic carbocycles. The average molecular weight is 262 g/mol. The van der Waals surface area contributed by atoms with Crippen LogP contribution in [0, 0.1) is 0 Å². The summed E-state index contributed by atoms with van der Waals surface area (Å²) in [7, 11) is 0. The number of rotatable bonds is 4. The van der Waals surface area contributed by atoms with Crippen LogP contribution in [-0.4, -0.2) is 19.9 Å². The molecule has 0 bridgehead atoms. The maximum absolute atomic E-state index is 13.0. The van der Waals surface area contributed by atoms with Crippen LogP contribution in [0.15, 0.2) is 30.1 Å². The fraction of sp³-hybridized carbons (Fsp3) is 0.273. The van der Waals surface area contributed by atoms with Crippen LogP contribution in [0.3, 0.4) is 0 Å². The molecule has 0 spiro atoms. The molecule has 0 atom stereocenters. The minimum atomic E-state index is -0.389. The van der Waals surface area contributed by atoms with Crippen molar-refractivity contribution in [3.05, 3.63) is 30.1 Å². The lowest BCUT2D eigenvalue weighted by molar-refractivity contribution is 0.173. The molecule has 1 aliphatic rings. The first kappa shape index (κ1) is 13.6. The minimum Gasteiger partial charge on any atom is -0.486 e. The van der Waals surface area contributed by atoms with Gasteiger partial charge in [0, 0.05) is 12.6 Å². The molecular weight excluding hydrogens is 249 g/mol. The Balaban J connectivity index is 0.00000144. The highest BCUT2D eigenvalue weighted by atomic mass is 35.5. The van der Waals surface area contributed by atoms with Crippen molar-refractivity contribution in [2.75, 3.05) is 19.9 Å². The largest absolute Gasteiger partial charge is 0.486 e. The van der Waals surface area contributed by atoms with Crippen molar-refractivity contribution in [3.63, 3.8) is 0 Å². The van der Waals surface area contributed by atoms with Crippen LogP contribution in [0.4, 0.5) is 4.39 Å². The Hall–Kier alpha value is -1.46. The van der Waals surface area contributed by atoms with Crippen molar-refractivity contribution < 1.29 is 18.6 Å². The van der Waals surface area contributed by atoms with Gasteiger partial charge in [0.2, 0.25) is 6.79 Å². The van der Waals surface area contributed by atoms with Gasteiger partial charge in [0.25, 0.3) is 0 Å². The quantitative estimate of drug-likeness (QED) is 0.901. The van der Waals surface area contributed by atoms with E-state index in [9.17, 15) is 4.39 Å². The number of halogens is 2. The molecule has 17 heavy (non-hydrogen) atoms. The third kappa shape index (κ3) is 3.51. The van der Waals surface area contributed by atoms with E-state index in [1.807, 2.05) is 0 Å². The van der Waals surface area contributed by atoms with Gasteiger partial charge in [0.15, 0.2) is 11.5 Å². The standard InChI is InChI=1S/C11H12FNO3.ClH/c12-8(3-4-13)6-14-9-1-2-10-11(5-9)16-7-15-10;/h1-3,5H,4,6-7,13H2;1H/b8-3-;. The number of benzene rings is 1. The summed E-state index contributed by atoms with van der Waals surface area (Å²) in [4.78, 5) is 0. The Morgan fingerprint density at radius 1 is 1.41 bits per heavy atom. The van der Waals surface area contributed by atoms with E-state index in [4.69, 9.17) is 19.9 Å². The van der Waals surface area contributed by atoms with Crippen molar-refractivity contribution in [3.8, 4) is 17.2 Å². The van der Waals surface area contributed by atoms with Crippen molar-refractivity contribution in [1.82, 2.24) is 0 Å². The highest BCUT2D eigenvalue weighted by Gasteiger charge is 2.13. The Bertz CT molecular complexity index is 412. The summed E-state index contributed by atoms with van der Waals surface area (Å²) in [6.07, 6.45) is 1.27. The van der Waals surface area contributed by atoms with Gasteiger partial charge in [-0.3, -0.25) is 0 Å². The van der Waals surface area contributed by atoms with Crippen LogP contribution in [0.5, 0.6) is 17.2 Å². The van der Waals surface area contributed by atoms with Gasteiger partial charge in [0.05, 0.1) is 0 Å². The SMILES string of the molecule is Cl.NC/C=C(\F)COc1ccc2c(c1)OCO2. The van der Waals surface area contributed by atoms with Crippen LogP contribution >= 0.6 is 12.4 Å². The first-order valence-electron chi connectivity index (χ1n) is 4.86. The number of ether oxygens (including phenoxy) is 3. The van der Waals surface area contributed by atoms with Crippen LogP contribution in [-0.2, 0) is 0 Å². The normalized spacial score (nSPS) is 13.2. The molecule has 0 amide bonds. The Morgan fingerprint density at radius 2 is 2.18 bits per heavy atom. The van der Waals surface area contributed by atoms with Crippen molar-refractivity contribution >= 4 is 12.4 Å². The molecule has 1 aromatic rings. The predicted octanol–water partition coefficient (Wildman–Crippen LogP) is 2.03. The second-order valence-electron chi connectivity index (χ2n) is 3.19. The van der Waals surface area contributed by atoms with E-state index in [1.54, 1.807) is 18.2 Å². The minimum absolute atomic E-state index is 0. The molecule has 4 nitrogen and oxygen atoms in total. The van der Waals surface area contributed by atoms with Crippen LogP contribution < -0.4 is 19.9 Å². The summed E-state index contributed by atoms with van der Waals surface area (Å²) in [6.45, 7) is 0.243. The monoisotopic (exact) mass is 261 g/mol. The predicted molar refractivity (Wildman–Crippen MR) is 63.6 cm³/mol. The summed E-state index contributed by atoms with van der Waals surface area (Å²) in [5.41, 5.74) is 5.16. The Morgan fingerprint density at radius 3 is 2.94 bits per heavy atom. The molecule has 6 heteroatoms. The molecule has 1 aliphatic heterocycles. The van der Waals surface area contributed by atoms with Crippen molar-refractivity contribution in [2.24, 2.45) is 5.73 Å². The van der Waals surface area contributed by atoms with E-state index in [-0.39, 0.29) is 38.2 Å². The van der Waals surface area contributed by atoms with E-state index in [1.165, 1.54) is 6.08 Å². The lowest BCUT2D eigenvalue weighted by atomic mass is 10.3. The zero-order chi connectivity index (χ0) is 11.4. The smallest absolute Gasteiger partial charge is 0.231 e. The zero-order valence-electron chi connectivity index (χ0n) is 9.02. The fourth-order valence-electron chi connectivity index (χ4n) is 1.31. The second kappa shape index (κ2) is 6.32. The molecular formula is C11H13ClFNO3. The number of nitrogens with two attached hydrogens (primary N) is 1. The highest BCUT2D eigenvalue weighted by Crippen LogP contribution is 2.35. The number of hydrogen-bond acceptors (Lipinski definition) is 4. The third-order valence-electron chi connectivity index (χ3n) is 2.06. The summed E-state index contributed by atoms with van der Waals surface area (Å²) in [6, 6.07) is 5.09. The topological polar surface area (TPSA) is 53.7 Å². The molecule has 1 aromatic carbocycles. The lowest BCUT2D eigenvalue weighted by Crippen LogP contribution is -2.01. The summed E-state index contributed by atoms with van der Waals surface area (Å²) < 4.78 is 28.5. The van der Waals surface area contributed by atoms with Crippen LogP contribution in [0.1, 0.15) is 0 Å². The van der Waals surface area contributed by atoms with Crippen molar-refractivity contribution in [1.29, 1.82) is 0 Å². The molecule has 0 saturated carbocycles. The van der Waals surface area contributed by atoms with Gasteiger partial charge in [-0.25, -0.2) is 4.39 Å². The molecule has 2 N–H and O–H groups in total. The van der Waals surface area contributed by atoms with E-state index >= 15 is 0 Å². The van der Waals surface area contributed by atoms with Gasteiger partial charge in [-0.2, -0.15) is 0 Å².